The average Bonchev–Trinajstić information content (AvgIpc) is 2.56. The minimum Gasteiger partial charge on any atom is -0.480 e. The lowest BCUT2D eigenvalue weighted by atomic mass is 10.1. The van der Waals surface area contributed by atoms with E-state index < -0.39 is 18.1 Å². The molecule has 0 spiro atoms. The Morgan fingerprint density at radius 2 is 2.00 bits per heavy atom. The first kappa shape index (κ1) is 13.3. The monoisotopic (exact) mass is 256 g/mol. The van der Waals surface area contributed by atoms with Crippen LogP contribution in [-0.2, 0) is 9.59 Å². The second-order valence-electron chi connectivity index (χ2n) is 5.09. The average molecular weight is 256 g/mol. The number of carbonyl (C=O) groups is 2. The van der Waals surface area contributed by atoms with Crippen molar-refractivity contribution in [1.29, 1.82) is 0 Å². The summed E-state index contributed by atoms with van der Waals surface area (Å²) in [5, 5.41) is 21.8. The van der Waals surface area contributed by atoms with Gasteiger partial charge in [0.15, 0.2) is 0 Å². The van der Waals surface area contributed by atoms with Gasteiger partial charge in [-0.2, -0.15) is 0 Å². The van der Waals surface area contributed by atoms with Crippen molar-refractivity contribution in [3.63, 3.8) is 0 Å². The van der Waals surface area contributed by atoms with Gasteiger partial charge in [-0.15, -0.1) is 0 Å². The number of aliphatic carboxylic acids is 1. The molecule has 3 N–H and O–H groups in total. The minimum atomic E-state index is -1.03. The molecular formula is C12H20N2O4. The van der Waals surface area contributed by atoms with Crippen LogP contribution in [0, 0.1) is 0 Å². The van der Waals surface area contributed by atoms with Crippen molar-refractivity contribution in [3.8, 4) is 0 Å². The fourth-order valence-corrected chi connectivity index (χ4v) is 2.73. The molecule has 0 bridgehead atoms. The highest BCUT2D eigenvalue weighted by molar-refractivity contribution is 5.87. The SMILES string of the molecule is O=C(O)[C@@H]1C[C@H](O)CN1C(=O)C1CCCCCN1. The second kappa shape index (κ2) is 5.67. The number of nitrogens with one attached hydrogen (secondary N) is 1. The molecule has 2 saturated heterocycles. The fraction of sp³-hybridized carbons (Fsp3) is 0.833. The Balaban J connectivity index is 2.04. The predicted molar refractivity (Wildman–Crippen MR) is 64.0 cm³/mol. The summed E-state index contributed by atoms with van der Waals surface area (Å²) in [4.78, 5) is 24.7. The van der Waals surface area contributed by atoms with Gasteiger partial charge in [0, 0.05) is 13.0 Å². The summed E-state index contributed by atoms with van der Waals surface area (Å²) in [5.74, 6) is -1.21. The maximum atomic E-state index is 12.3. The third kappa shape index (κ3) is 2.81. The van der Waals surface area contributed by atoms with E-state index in [4.69, 9.17) is 5.11 Å². The van der Waals surface area contributed by atoms with Crippen LogP contribution in [0.25, 0.3) is 0 Å². The molecule has 18 heavy (non-hydrogen) atoms. The maximum Gasteiger partial charge on any atom is 0.326 e. The van der Waals surface area contributed by atoms with Crippen molar-refractivity contribution in [2.45, 2.75) is 50.3 Å². The molecule has 0 aliphatic carbocycles. The molecule has 2 aliphatic rings. The molecule has 2 aliphatic heterocycles. The van der Waals surface area contributed by atoms with Crippen molar-refractivity contribution in [2.75, 3.05) is 13.1 Å². The van der Waals surface area contributed by atoms with Crippen molar-refractivity contribution in [3.05, 3.63) is 0 Å². The van der Waals surface area contributed by atoms with Gasteiger partial charge in [0.05, 0.1) is 12.1 Å². The summed E-state index contributed by atoms with van der Waals surface area (Å²) in [5.41, 5.74) is 0. The van der Waals surface area contributed by atoms with Crippen molar-refractivity contribution < 1.29 is 19.8 Å². The van der Waals surface area contributed by atoms with Crippen LogP contribution >= 0.6 is 0 Å². The van der Waals surface area contributed by atoms with Crippen LogP contribution < -0.4 is 5.32 Å². The van der Waals surface area contributed by atoms with Gasteiger partial charge in [-0.3, -0.25) is 4.79 Å². The van der Waals surface area contributed by atoms with Gasteiger partial charge in [0.25, 0.3) is 0 Å². The van der Waals surface area contributed by atoms with E-state index >= 15 is 0 Å². The molecule has 0 aromatic heterocycles. The Morgan fingerprint density at radius 1 is 1.22 bits per heavy atom. The van der Waals surface area contributed by atoms with Crippen LogP contribution in [0.1, 0.15) is 32.1 Å². The minimum absolute atomic E-state index is 0.133. The van der Waals surface area contributed by atoms with Crippen LogP contribution in [-0.4, -0.2) is 58.3 Å². The van der Waals surface area contributed by atoms with E-state index in [9.17, 15) is 14.7 Å². The number of aliphatic hydroxyl groups is 1. The molecular weight excluding hydrogens is 236 g/mol. The number of β-amino-alcohol motifs (C(OH)–C–C–N with tert-alkyl or cyclic N) is 1. The van der Waals surface area contributed by atoms with Crippen LogP contribution in [0.15, 0.2) is 0 Å². The van der Waals surface area contributed by atoms with Crippen LogP contribution in [0.2, 0.25) is 0 Å². The third-order valence-corrected chi connectivity index (χ3v) is 3.71. The van der Waals surface area contributed by atoms with E-state index in [1.165, 1.54) is 4.90 Å². The summed E-state index contributed by atoms with van der Waals surface area (Å²) < 4.78 is 0. The van der Waals surface area contributed by atoms with E-state index in [-0.39, 0.29) is 24.9 Å². The number of carbonyl (C=O) groups excluding carboxylic acids is 1. The molecule has 0 radical (unpaired) electrons. The van der Waals surface area contributed by atoms with E-state index in [1.807, 2.05) is 0 Å². The van der Waals surface area contributed by atoms with Crippen LogP contribution in [0.3, 0.4) is 0 Å². The Labute approximate surface area is 106 Å². The smallest absolute Gasteiger partial charge is 0.326 e. The standard InChI is InChI=1S/C12H20N2O4/c15-8-6-10(12(17)18)14(7-8)11(16)9-4-2-1-3-5-13-9/h8-10,13,15H,1-7H2,(H,17,18)/t8-,9?,10-/m0/s1. The fourth-order valence-electron chi connectivity index (χ4n) is 2.73. The van der Waals surface area contributed by atoms with Gasteiger partial charge in [-0.25, -0.2) is 4.79 Å². The lowest BCUT2D eigenvalue weighted by Crippen LogP contribution is -2.50. The second-order valence-corrected chi connectivity index (χ2v) is 5.09. The third-order valence-electron chi connectivity index (χ3n) is 3.71. The lowest BCUT2D eigenvalue weighted by molar-refractivity contribution is -0.149. The Morgan fingerprint density at radius 3 is 2.72 bits per heavy atom. The number of amides is 1. The maximum absolute atomic E-state index is 12.3. The molecule has 0 saturated carbocycles. The van der Waals surface area contributed by atoms with Crippen molar-refractivity contribution >= 4 is 11.9 Å². The predicted octanol–water partition coefficient (Wildman–Crippen LogP) is -0.435. The Kier molecular flexibility index (Phi) is 4.19. The molecule has 2 fully saturated rings. The van der Waals surface area contributed by atoms with E-state index in [2.05, 4.69) is 5.32 Å². The van der Waals surface area contributed by atoms with Gasteiger partial charge in [-0.05, 0) is 19.4 Å². The van der Waals surface area contributed by atoms with Crippen LogP contribution in [0.5, 0.6) is 0 Å². The number of hydrogen-bond donors (Lipinski definition) is 3. The molecule has 6 heteroatoms. The van der Waals surface area contributed by atoms with Gasteiger partial charge in [-0.1, -0.05) is 12.8 Å². The molecule has 0 aromatic carbocycles. The van der Waals surface area contributed by atoms with Crippen molar-refractivity contribution in [1.82, 2.24) is 10.2 Å². The van der Waals surface area contributed by atoms with Gasteiger partial charge in [0.2, 0.25) is 5.91 Å². The molecule has 1 amide bonds. The summed E-state index contributed by atoms with van der Waals surface area (Å²) in [6, 6.07) is -1.17. The molecule has 102 valence electrons. The van der Waals surface area contributed by atoms with Crippen LogP contribution in [0.4, 0.5) is 0 Å². The highest BCUT2D eigenvalue weighted by Gasteiger charge is 2.41. The Bertz CT molecular complexity index is 326. The summed E-state index contributed by atoms with van der Waals surface area (Å²) in [6.07, 6.45) is 3.29. The number of nitrogens with zero attached hydrogens (tertiary/aromatic N) is 1. The first-order valence-electron chi connectivity index (χ1n) is 6.54. The molecule has 6 nitrogen and oxygen atoms in total. The Hall–Kier alpha value is -1.14. The first-order valence-corrected chi connectivity index (χ1v) is 6.54. The van der Waals surface area contributed by atoms with Gasteiger partial charge in [0.1, 0.15) is 6.04 Å². The highest BCUT2D eigenvalue weighted by atomic mass is 16.4. The number of rotatable bonds is 2. The molecule has 1 unspecified atom stereocenters. The number of likely N-dealkylation sites (tertiary alicyclic amines) is 1. The summed E-state index contributed by atoms with van der Waals surface area (Å²) >= 11 is 0. The summed E-state index contributed by atoms with van der Waals surface area (Å²) in [6.45, 7) is 0.929. The van der Waals surface area contributed by atoms with Gasteiger partial charge >= 0.3 is 5.97 Å². The van der Waals surface area contributed by atoms with E-state index in [1.54, 1.807) is 0 Å². The molecule has 0 aromatic rings. The molecule has 3 atom stereocenters. The number of carboxylic acid groups (broad SMARTS) is 1. The van der Waals surface area contributed by atoms with E-state index in [0.717, 1.165) is 32.2 Å². The quantitative estimate of drug-likeness (QED) is 0.623. The first-order chi connectivity index (χ1) is 8.59. The number of hydrogen-bond acceptors (Lipinski definition) is 4. The largest absolute Gasteiger partial charge is 0.480 e. The van der Waals surface area contributed by atoms with Gasteiger partial charge < -0.3 is 20.4 Å². The highest BCUT2D eigenvalue weighted by Crippen LogP contribution is 2.21. The van der Waals surface area contributed by atoms with E-state index in [0.29, 0.717) is 0 Å². The molecule has 2 rings (SSSR count). The summed E-state index contributed by atoms with van der Waals surface area (Å²) in [7, 11) is 0. The normalized spacial score (nSPS) is 33.2. The number of aliphatic hydroxyl groups excluding tert-OH is 1. The zero-order valence-electron chi connectivity index (χ0n) is 10.3. The lowest BCUT2D eigenvalue weighted by Gasteiger charge is -2.26. The zero-order valence-corrected chi connectivity index (χ0v) is 10.3. The topological polar surface area (TPSA) is 89.9 Å². The molecule has 2 heterocycles. The zero-order chi connectivity index (χ0) is 13.1. The number of carboxylic acids is 1. The van der Waals surface area contributed by atoms with Crippen molar-refractivity contribution in [2.24, 2.45) is 0 Å².